The monoisotopic (exact) mass is 162 g/mol. The molecule has 0 fully saturated rings. The van der Waals surface area contributed by atoms with Gasteiger partial charge < -0.3 is 4.84 Å². The molecule has 1 aromatic rings. The van der Waals surface area contributed by atoms with E-state index in [4.69, 9.17) is 4.84 Å². The summed E-state index contributed by atoms with van der Waals surface area (Å²) in [6.45, 7) is 5.90. The van der Waals surface area contributed by atoms with E-state index in [1.165, 1.54) is 0 Å². The van der Waals surface area contributed by atoms with Crippen molar-refractivity contribution in [2.24, 2.45) is 5.16 Å². The summed E-state index contributed by atoms with van der Waals surface area (Å²) >= 11 is 0. The van der Waals surface area contributed by atoms with Crippen molar-refractivity contribution in [3.63, 3.8) is 0 Å². The van der Waals surface area contributed by atoms with Gasteiger partial charge in [0.25, 0.3) is 0 Å². The topological polar surface area (TPSA) is 21.6 Å². The van der Waals surface area contributed by atoms with Crippen LogP contribution in [0.2, 0.25) is 0 Å². The Hall–Kier alpha value is -1.31. The lowest BCUT2D eigenvalue weighted by Crippen LogP contribution is -1.89. The molecule has 0 unspecified atom stereocenters. The van der Waals surface area contributed by atoms with Crippen LogP contribution < -0.4 is 0 Å². The van der Waals surface area contributed by atoms with Gasteiger partial charge in [-0.05, 0) is 19.4 Å². The van der Waals surface area contributed by atoms with Gasteiger partial charge in [-0.15, -0.1) is 0 Å². The number of hydrogen-bond donors (Lipinski definition) is 0. The van der Waals surface area contributed by atoms with E-state index in [-0.39, 0.29) is 0 Å². The second-order valence-electron chi connectivity index (χ2n) is 2.59. The molecular formula is C10H12NO. The molecule has 0 N–H and O–H groups in total. The van der Waals surface area contributed by atoms with Crippen LogP contribution in [-0.2, 0) is 11.4 Å². The summed E-state index contributed by atoms with van der Waals surface area (Å²) < 4.78 is 0. The van der Waals surface area contributed by atoms with Crippen molar-refractivity contribution in [2.45, 2.75) is 13.5 Å². The molecule has 2 heteroatoms. The normalized spacial score (nSPS) is 11.3. The van der Waals surface area contributed by atoms with E-state index in [9.17, 15) is 0 Å². The maximum atomic E-state index is 5.01. The number of hydrogen-bond acceptors (Lipinski definition) is 2. The van der Waals surface area contributed by atoms with Crippen LogP contribution in [0, 0.1) is 6.92 Å². The molecule has 0 atom stereocenters. The first-order valence-corrected chi connectivity index (χ1v) is 3.81. The molecule has 0 aliphatic rings. The van der Waals surface area contributed by atoms with E-state index in [1.54, 1.807) is 6.92 Å². The van der Waals surface area contributed by atoms with E-state index >= 15 is 0 Å². The van der Waals surface area contributed by atoms with Crippen molar-refractivity contribution in [1.29, 1.82) is 0 Å². The standard InChI is InChI=1S/C10H12NO/c1-9(2)11-12-8-10-6-4-3-5-7-10/h3-7H,1,8H2,2H3. The Bertz CT molecular complexity index is 250. The third kappa shape index (κ3) is 3.19. The van der Waals surface area contributed by atoms with Crippen LogP contribution in [0.1, 0.15) is 12.5 Å². The Labute approximate surface area is 72.9 Å². The van der Waals surface area contributed by atoms with Crippen LogP contribution in [0.4, 0.5) is 0 Å². The summed E-state index contributed by atoms with van der Waals surface area (Å²) in [5.74, 6) is 0. The molecule has 0 aliphatic carbocycles. The largest absolute Gasteiger partial charge is 0.391 e. The van der Waals surface area contributed by atoms with Crippen LogP contribution in [0.3, 0.4) is 0 Å². The van der Waals surface area contributed by atoms with Crippen LogP contribution in [0.5, 0.6) is 0 Å². The van der Waals surface area contributed by atoms with Gasteiger partial charge in [-0.3, -0.25) is 0 Å². The van der Waals surface area contributed by atoms with Gasteiger partial charge in [-0.1, -0.05) is 35.5 Å². The van der Waals surface area contributed by atoms with Crippen molar-refractivity contribution in [1.82, 2.24) is 0 Å². The highest BCUT2D eigenvalue weighted by atomic mass is 16.6. The third-order valence-corrected chi connectivity index (χ3v) is 1.29. The quantitative estimate of drug-likeness (QED) is 0.494. The summed E-state index contributed by atoms with van der Waals surface area (Å²) in [6, 6.07) is 9.90. The lowest BCUT2D eigenvalue weighted by atomic mass is 10.2. The first kappa shape index (κ1) is 8.78. The fourth-order valence-electron chi connectivity index (χ4n) is 0.791. The first-order valence-electron chi connectivity index (χ1n) is 3.81. The number of rotatable bonds is 3. The predicted octanol–water partition coefficient (Wildman–Crippen LogP) is 2.41. The summed E-state index contributed by atoms with van der Waals surface area (Å²) in [7, 11) is 0. The van der Waals surface area contributed by atoms with Crippen molar-refractivity contribution < 1.29 is 4.84 Å². The highest BCUT2D eigenvalue weighted by Gasteiger charge is 1.88. The summed E-state index contributed by atoms with van der Waals surface area (Å²) in [5.41, 5.74) is 1.80. The highest BCUT2D eigenvalue weighted by Crippen LogP contribution is 2.00. The van der Waals surface area contributed by atoms with E-state index in [2.05, 4.69) is 12.1 Å². The highest BCUT2D eigenvalue weighted by molar-refractivity contribution is 5.85. The molecule has 1 aromatic carbocycles. The minimum Gasteiger partial charge on any atom is -0.391 e. The van der Waals surface area contributed by atoms with Crippen LogP contribution in [0.15, 0.2) is 35.5 Å². The molecule has 0 bridgehead atoms. The molecule has 2 nitrogen and oxygen atoms in total. The Balaban J connectivity index is 2.39. The SMILES string of the molecule is [CH2]C(C)=NOCc1ccccc1. The van der Waals surface area contributed by atoms with Gasteiger partial charge in [0, 0.05) is 0 Å². The van der Waals surface area contributed by atoms with Gasteiger partial charge in [-0.25, -0.2) is 0 Å². The molecule has 0 saturated heterocycles. The molecular weight excluding hydrogens is 150 g/mol. The van der Waals surface area contributed by atoms with Gasteiger partial charge in [0.2, 0.25) is 0 Å². The lowest BCUT2D eigenvalue weighted by Gasteiger charge is -1.98. The summed E-state index contributed by atoms with van der Waals surface area (Å²) in [6.07, 6.45) is 0. The fourth-order valence-corrected chi connectivity index (χ4v) is 0.791. The molecule has 1 radical (unpaired) electrons. The van der Waals surface area contributed by atoms with E-state index in [1.807, 2.05) is 30.3 Å². The maximum absolute atomic E-state index is 5.01. The lowest BCUT2D eigenvalue weighted by molar-refractivity contribution is 0.130. The van der Waals surface area contributed by atoms with Crippen molar-refractivity contribution in [2.75, 3.05) is 0 Å². The van der Waals surface area contributed by atoms with Crippen LogP contribution in [-0.4, -0.2) is 5.71 Å². The van der Waals surface area contributed by atoms with Crippen molar-refractivity contribution in [3.05, 3.63) is 42.8 Å². The van der Waals surface area contributed by atoms with Gasteiger partial charge in [0.15, 0.2) is 0 Å². The average Bonchev–Trinajstić information content (AvgIpc) is 2.05. The minimum atomic E-state index is 0.508. The third-order valence-electron chi connectivity index (χ3n) is 1.29. The average molecular weight is 162 g/mol. The van der Waals surface area contributed by atoms with Crippen molar-refractivity contribution in [3.8, 4) is 0 Å². The van der Waals surface area contributed by atoms with Gasteiger partial charge in [0.05, 0.1) is 5.71 Å². The zero-order chi connectivity index (χ0) is 8.81. The molecule has 0 aromatic heterocycles. The van der Waals surface area contributed by atoms with Gasteiger partial charge in [0.1, 0.15) is 6.61 Å². The smallest absolute Gasteiger partial charge is 0.142 e. The zero-order valence-electron chi connectivity index (χ0n) is 7.16. The van der Waals surface area contributed by atoms with E-state index in [0.717, 1.165) is 5.56 Å². The fraction of sp³-hybridized carbons (Fsp3) is 0.200. The second-order valence-corrected chi connectivity index (χ2v) is 2.59. The van der Waals surface area contributed by atoms with Crippen molar-refractivity contribution >= 4 is 5.71 Å². The number of nitrogens with zero attached hydrogens (tertiary/aromatic N) is 1. The summed E-state index contributed by atoms with van der Waals surface area (Å²) in [4.78, 5) is 5.01. The molecule has 0 spiro atoms. The Morgan fingerprint density at radius 2 is 2.08 bits per heavy atom. The van der Waals surface area contributed by atoms with E-state index < -0.39 is 0 Å². The summed E-state index contributed by atoms with van der Waals surface area (Å²) in [5, 5.41) is 3.73. The van der Waals surface area contributed by atoms with E-state index in [0.29, 0.717) is 12.3 Å². The molecule has 63 valence electrons. The maximum Gasteiger partial charge on any atom is 0.142 e. The molecule has 12 heavy (non-hydrogen) atoms. The number of oxime groups is 1. The Kier molecular flexibility index (Phi) is 3.33. The minimum absolute atomic E-state index is 0.508. The van der Waals surface area contributed by atoms with Crippen LogP contribution in [0.25, 0.3) is 0 Å². The van der Waals surface area contributed by atoms with Gasteiger partial charge in [-0.2, -0.15) is 0 Å². The molecule has 0 saturated carbocycles. The zero-order valence-corrected chi connectivity index (χ0v) is 7.16. The Morgan fingerprint density at radius 3 is 2.67 bits per heavy atom. The molecule has 0 heterocycles. The molecule has 1 rings (SSSR count). The molecule has 0 amide bonds. The number of benzene rings is 1. The van der Waals surface area contributed by atoms with Gasteiger partial charge >= 0.3 is 0 Å². The predicted molar refractivity (Wildman–Crippen MR) is 49.7 cm³/mol. The first-order chi connectivity index (χ1) is 5.79. The Morgan fingerprint density at radius 1 is 1.42 bits per heavy atom. The second kappa shape index (κ2) is 4.54. The van der Waals surface area contributed by atoms with Crippen LogP contribution >= 0.6 is 0 Å². The molecule has 0 aliphatic heterocycles.